The van der Waals surface area contributed by atoms with Crippen LogP contribution in [-0.2, 0) is 16.1 Å². The normalized spacial score (nSPS) is 16.8. The topological polar surface area (TPSA) is 48.3 Å². The Bertz CT molecular complexity index is 732. The quantitative estimate of drug-likeness (QED) is 0.628. The van der Waals surface area contributed by atoms with Crippen molar-refractivity contribution in [3.8, 4) is 0 Å². The fourth-order valence-corrected chi connectivity index (χ4v) is 3.77. The van der Waals surface area contributed by atoms with E-state index in [0.717, 1.165) is 5.69 Å². The van der Waals surface area contributed by atoms with E-state index in [4.69, 9.17) is 16.3 Å². The Balaban J connectivity index is 1.87. The minimum absolute atomic E-state index is 0.0546. The fourth-order valence-electron chi connectivity index (χ4n) is 2.75. The van der Waals surface area contributed by atoms with Crippen LogP contribution in [0, 0.1) is 0 Å². The predicted octanol–water partition coefficient (Wildman–Crippen LogP) is 3.87. The maximum atomic E-state index is 12.5. The number of halogens is 1. The first-order valence-corrected chi connectivity index (χ1v) is 8.41. The molecule has 116 valence electrons. The molecule has 0 N–H and O–H groups in total. The summed E-state index contributed by atoms with van der Waals surface area (Å²) >= 11 is 7.22. The first kappa shape index (κ1) is 15.3. The molecule has 0 saturated heterocycles. The van der Waals surface area contributed by atoms with E-state index >= 15 is 0 Å². The number of nitrogens with zero attached hydrogens (tertiary/aromatic N) is 1. The van der Waals surface area contributed by atoms with Crippen molar-refractivity contribution < 1.29 is 14.3 Å². The highest BCUT2D eigenvalue weighted by molar-refractivity contribution is 7.12. The van der Waals surface area contributed by atoms with Crippen LogP contribution in [0.25, 0.3) is 0 Å². The molecule has 2 aromatic rings. The third-order valence-corrected chi connectivity index (χ3v) is 4.95. The van der Waals surface area contributed by atoms with Gasteiger partial charge in [0.15, 0.2) is 0 Å². The van der Waals surface area contributed by atoms with E-state index in [1.165, 1.54) is 11.3 Å². The molecule has 0 aliphatic carbocycles. The highest BCUT2D eigenvalue weighted by Gasteiger charge is 2.33. The Morgan fingerprint density at radius 2 is 2.18 bits per heavy atom. The standard InChI is InChI=1S/C16H16ClNO3S/c1-9(2)21-16(20)11-5-6-18-12(11)3-4-13(18)15(19)14-7-10(17)8-22-14/h3-4,7-9,11H,5-6H2,1-2H3. The maximum absolute atomic E-state index is 12.5. The predicted molar refractivity (Wildman–Crippen MR) is 85.8 cm³/mol. The summed E-state index contributed by atoms with van der Waals surface area (Å²) in [5, 5.41) is 2.31. The molecule has 22 heavy (non-hydrogen) atoms. The summed E-state index contributed by atoms with van der Waals surface area (Å²) in [6.45, 7) is 4.32. The second-order valence-corrected chi connectivity index (χ2v) is 6.93. The number of fused-ring (bicyclic) bond motifs is 1. The van der Waals surface area contributed by atoms with Gasteiger partial charge in [-0.25, -0.2) is 0 Å². The third-order valence-electron chi connectivity index (χ3n) is 3.67. The van der Waals surface area contributed by atoms with E-state index in [9.17, 15) is 9.59 Å². The smallest absolute Gasteiger partial charge is 0.315 e. The largest absolute Gasteiger partial charge is 0.462 e. The molecule has 3 rings (SSSR count). The van der Waals surface area contributed by atoms with E-state index in [1.54, 1.807) is 17.5 Å². The average molecular weight is 338 g/mol. The van der Waals surface area contributed by atoms with Gasteiger partial charge >= 0.3 is 5.97 Å². The lowest BCUT2D eigenvalue weighted by atomic mass is 10.1. The first-order chi connectivity index (χ1) is 10.5. The number of aromatic nitrogens is 1. The Kier molecular flexibility index (Phi) is 4.10. The molecule has 0 fully saturated rings. The third kappa shape index (κ3) is 2.71. The van der Waals surface area contributed by atoms with Crippen molar-refractivity contribution in [3.63, 3.8) is 0 Å². The van der Waals surface area contributed by atoms with Crippen molar-refractivity contribution in [3.05, 3.63) is 44.9 Å². The van der Waals surface area contributed by atoms with Crippen LogP contribution >= 0.6 is 22.9 Å². The van der Waals surface area contributed by atoms with Gasteiger partial charge in [0, 0.05) is 17.6 Å². The first-order valence-electron chi connectivity index (χ1n) is 7.16. The molecule has 0 radical (unpaired) electrons. The number of carbonyl (C=O) groups is 2. The lowest BCUT2D eigenvalue weighted by Gasteiger charge is -2.12. The van der Waals surface area contributed by atoms with E-state index < -0.39 is 0 Å². The second kappa shape index (κ2) is 5.89. The molecule has 1 atom stereocenters. The zero-order valence-corrected chi connectivity index (χ0v) is 13.9. The molecule has 1 unspecified atom stereocenters. The summed E-state index contributed by atoms with van der Waals surface area (Å²) in [5.74, 6) is -0.554. The molecule has 0 bridgehead atoms. The average Bonchev–Trinajstić information content (AvgIpc) is 3.11. The summed E-state index contributed by atoms with van der Waals surface area (Å²) in [6, 6.07) is 5.30. The Morgan fingerprint density at radius 3 is 2.82 bits per heavy atom. The molecule has 0 aromatic carbocycles. The highest BCUT2D eigenvalue weighted by Crippen LogP contribution is 2.33. The van der Waals surface area contributed by atoms with E-state index in [0.29, 0.717) is 28.6 Å². The summed E-state index contributed by atoms with van der Waals surface area (Å²) in [5.41, 5.74) is 1.46. The Labute approximate surface area is 137 Å². The minimum Gasteiger partial charge on any atom is -0.462 e. The lowest BCUT2D eigenvalue weighted by Crippen LogP contribution is -2.18. The van der Waals surface area contributed by atoms with Crippen LogP contribution < -0.4 is 0 Å². The van der Waals surface area contributed by atoms with E-state index in [1.807, 2.05) is 24.5 Å². The monoisotopic (exact) mass is 337 g/mol. The van der Waals surface area contributed by atoms with Crippen LogP contribution in [0.5, 0.6) is 0 Å². The molecule has 0 spiro atoms. The Hall–Kier alpha value is -1.59. The molecule has 0 amide bonds. The van der Waals surface area contributed by atoms with Gasteiger partial charge in [-0.1, -0.05) is 11.6 Å². The number of hydrogen-bond acceptors (Lipinski definition) is 4. The zero-order chi connectivity index (χ0) is 15.9. The van der Waals surface area contributed by atoms with Crippen LogP contribution in [-0.4, -0.2) is 22.4 Å². The molecular weight excluding hydrogens is 322 g/mol. The van der Waals surface area contributed by atoms with Crippen LogP contribution in [0.1, 0.15) is 47.2 Å². The summed E-state index contributed by atoms with van der Waals surface area (Å²) in [4.78, 5) is 25.3. The van der Waals surface area contributed by atoms with Crippen LogP contribution in [0.3, 0.4) is 0 Å². The van der Waals surface area contributed by atoms with E-state index in [2.05, 4.69) is 0 Å². The number of carbonyl (C=O) groups excluding carboxylic acids is 2. The lowest BCUT2D eigenvalue weighted by molar-refractivity contribution is -0.149. The van der Waals surface area contributed by atoms with Gasteiger partial charge in [0.2, 0.25) is 5.78 Å². The van der Waals surface area contributed by atoms with Crippen molar-refractivity contribution in [2.75, 3.05) is 0 Å². The maximum Gasteiger partial charge on any atom is 0.315 e. The minimum atomic E-state index is -0.282. The Morgan fingerprint density at radius 1 is 1.41 bits per heavy atom. The van der Waals surface area contributed by atoms with Gasteiger partial charge in [0.05, 0.1) is 27.6 Å². The number of esters is 1. The highest BCUT2D eigenvalue weighted by atomic mass is 35.5. The van der Waals surface area contributed by atoms with Crippen molar-refractivity contribution in [1.29, 1.82) is 0 Å². The number of hydrogen-bond donors (Lipinski definition) is 0. The van der Waals surface area contributed by atoms with Crippen molar-refractivity contribution in [2.45, 2.75) is 38.8 Å². The van der Waals surface area contributed by atoms with Crippen molar-refractivity contribution >= 4 is 34.7 Å². The molecule has 2 aromatic heterocycles. The van der Waals surface area contributed by atoms with Gasteiger partial charge in [0.25, 0.3) is 0 Å². The molecular formula is C16H16ClNO3S. The summed E-state index contributed by atoms with van der Waals surface area (Å²) in [6.07, 6.45) is 0.540. The van der Waals surface area contributed by atoms with Gasteiger partial charge in [-0.05, 0) is 38.5 Å². The molecule has 6 heteroatoms. The van der Waals surface area contributed by atoms with E-state index in [-0.39, 0.29) is 23.8 Å². The van der Waals surface area contributed by atoms with Crippen molar-refractivity contribution in [1.82, 2.24) is 4.57 Å². The van der Waals surface area contributed by atoms with Gasteiger partial charge in [-0.15, -0.1) is 11.3 Å². The zero-order valence-electron chi connectivity index (χ0n) is 12.3. The number of thiophene rings is 1. The fraction of sp³-hybridized carbons (Fsp3) is 0.375. The molecule has 1 aliphatic heterocycles. The van der Waals surface area contributed by atoms with Crippen LogP contribution in [0.4, 0.5) is 0 Å². The van der Waals surface area contributed by atoms with Crippen LogP contribution in [0.15, 0.2) is 23.6 Å². The van der Waals surface area contributed by atoms with Crippen molar-refractivity contribution in [2.24, 2.45) is 0 Å². The van der Waals surface area contributed by atoms with Crippen LogP contribution in [0.2, 0.25) is 5.02 Å². The van der Waals surface area contributed by atoms with Gasteiger partial charge in [-0.3, -0.25) is 9.59 Å². The SMILES string of the molecule is CC(C)OC(=O)C1CCn2c(C(=O)c3cc(Cl)cs3)ccc21. The molecule has 0 saturated carbocycles. The summed E-state index contributed by atoms with van der Waals surface area (Å²) in [7, 11) is 0. The van der Waals surface area contributed by atoms with Gasteiger partial charge < -0.3 is 9.30 Å². The molecule has 4 nitrogen and oxygen atoms in total. The molecule has 1 aliphatic rings. The summed E-state index contributed by atoms with van der Waals surface area (Å²) < 4.78 is 7.21. The number of rotatable bonds is 4. The molecule has 3 heterocycles. The number of ether oxygens (including phenoxy) is 1. The number of ketones is 1. The second-order valence-electron chi connectivity index (χ2n) is 5.58. The van der Waals surface area contributed by atoms with Gasteiger partial charge in [-0.2, -0.15) is 0 Å². The van der Waals surface area contributed by atoms with Gasteiger partial charge in [0.1, 0.15) is 0 Å².